The van der Waals surface area contributed by atoms with Gasteiger partial charge < -0.3 is 15.0 Å². The highest BCUT2D eigenvalue weighted by Crippen LogP contribution is 2.19. The van der Waals surface area contributed by atoms with Crippen molar-refractivity contribution >= 4 is 0 Å². The highest BCUT2D eigenvalue weighted by atomic mass is 16.5. The van der Waals surface area contributed by atoms with Gasteiger partial charge in [0.1, 0.15) is 5.75 Å². The molecule has 1 aromatic carbocycles. The number of nitrogens with one attached hydrogen (secondary N) is 1. The number of para-hydroxylation sites is 1. The zero-order chi connectivity index (χ0) is 16.3. The summed E-state index contributed by atoms with van der Waals surface area (Å²) in [4.78, 5) is 2.60. The van der Waals surface area contributed by atoms with Crippen molar-refractivity contribution in [2.45, 2.75) is 45.4 Å². The SMILES string of the molecule is C=C(C)NCCc1ccccc1OCCCCN1CCCCC1. The van der Waals surface area contributed by atoms with Crippen LogP contribution < -0.4 is 10.1 Å². The van der Waals surface area contributed by atoms with E-state index in [1.165, 1.54) is 50.9 Å². The number of ether oxygens (including phenoxy) is 1. The highest BCUT2D eigenvalue weighted by Gasteiger charge is 2.09. The van der Waals surface area contributed by atoms with E-state index in [9.17, 15) is 0 Å². The maximum atomic E-state index is 6.02. The van der Waals surface area contributed by atoms with Crippen LogP contribution in [0.3, 0.4) is 0 Å². The van der Waals surface area contributed by atoms with Gasteiger partial charge in [-0.15, -0.1) is 0 Å². The predicted octanol–water partition coefficient (Wildman–Crippen LogP) is 4.00. The van der Waals surface area contributed by atoms with Gasteiger partial charge in [-0.05, 0) is 70.3 Å². The summed E-state index contributed by atoms with van der Waals surface area (Å²) in [7, 11) is 0. The zero-order valence-corrected chi connectivity index (χ0v) is 14.7. The number of piperidine rings is 1. The smallest absolute Gasteiger partial charge is 0.122 e. The molecular formula is C20H32N2O. The number of likely N-dealkylation sites (tertiary alicyclic amines) is 1. The van der Waals surface area contributed by atoms with Gasteiger partial charge in [-0.3, -0.25) is 0 Å². The van der Waals surface area contributed by atoms with E-state index in [0.717, 1.165) is 37.4 Å². The maximum absolute atomic E-state index is 6.02. The van der Waals surface area contributed by atoms with Crippen LogP contribution in [0.1, 0.15) is 44.6 Å². The minimum absolute atomic E-state index is 0.818. The van der Waals surface area contributed by atoms with Crippen molar-refractivity contribution in [3.63, 3.8) is 0 Å². The van der Waals surface area contributed by atoms with Crippen molar-refractivity contribution < 1.29 is 4.74 Å². The lowest BCUT2D eigenvalue weighted by atomic mass is 10.1. The third kappa shape index (κ3) is 7.08. The lowest BCUT2D eigenvalue weighted by molar-refractivity contribution is 0.215. The molecule has 0 radical (unpaired) electrons. The van der Waals surface area contributed by atoms with Gasteiger partial charge in [-0.2, -0.15) is 0 Å². The molecule has 2 rings (SSSR count). The zero-order valence-electron chi connectivity index (χ0n) is 14.7. The van der Waals surface area contributed by atoms with E-state index in [-0.39, 0.29) is 0 Å². The molecule has 0 amide bonds. The van der Waals surface area contributed by atoms with Gasteiger partial charge in [-0.1, -0.05) is 31.2 Å². The molecule has 1 saturated heterocycles. The third-order valence-corrected chi connectivity index (χ3v) is 4.37. The molecule has 3 heteroatoms. The molecule has 1 N–H and O–H groups in total. The molecule has 3 nitrogen and oxygen atoms in total. The van der Waals surface area contributed by atoms with Gasteiger partial charge in [0.15, 0.2) is 0 Å². The molecule has 0 atom stereocenters. The normalized spacial score (nSPS) is 15.3. The fraction of sp³-hybridized carbons (Fsp3) is 0.600. The van der Waals surface area contributed by atoms with E-state index in [1.54, 1.807) is 0 Å². The molecule has 1 aliphatic heterocycles. The van der Waals surface area contributed by atoms with Crippen LogP contribution in [0, 0.1) is 0 Å². The molecular weight excluding hydrogens is 284 g/mol. The summed E-state index contributed by atoms with van der Waals surface area (Å²) in [5.41, 5.74) is 2.29. The Morgan fingerprint density at radius 1 is 1.17 bits per heavy atom. The summed E-state index contributed by atoms with van der Waals surface area (Å²) < 4.78 is 6.02. The number of hydrogen-bond donors (Lipinski definition) is 1. The second kappa shape index (κ2) is 10.3. The Morgan fingerprint density at radius 2 is 1.96 bits per heavy atom. The largest absolute Gasteiger partial charge is 0.493 e. The van der Waals surface area contributed by atoms with Gasteiger partial charge in [0, 0.05) is 12.2 Å². The van der Waals surface area contributed by atoms with Crippen molar-refractivity contribution in [3.8, 4) is 5.75 Å². The fourth-order valence-corrected chi connectivity index (χ4v) is 3.06. The van der Waals surface area contributed by atoms with Gasteiger partial charge in [-0.25, -0.2) is 0 Å². The number of unbranched alkanes of at least 4 members (excludes halogenated alkanes) is 1. The topological polar surface area (TPSA) is 24.5 Å². The van der Waals surface area contributed by atoms with Crippen LogP contribution in [0.15, 0.2) is 36.5 Å². The van der Waals surface area contributed by atoms with Gasteiger partial charge in [0.25, 0.3) is 0 Å². The summed E-state index contributed by atoms with van der Waals surface area (Å²) in [5, 5.41) is 3.28. The summed E-state index contributed by atoms with van der Waals surface area (Å²) >= 11 is 0. The molecule has 0 unspecified atom stereocenters. The maximum Gasteiger partial charge on any atom is 0.122 e. The Hall–Kier alpha value is -1.48. The van der Waals surface area contributed by atoms with Crippen LogP contribution in [-0.2, 0) is 6.42 Å². The minimum Gasteiger partial charge on any atom is -0.493 e. The number of allylic oxidation sites excluding steroid dienone is 1. The van der Waals surface area contributed by atoms with Crippen LogP contribution in [-0.4, -0.2) is 37.7 Å². The number of nitrogens with zero attached hydrogens (tertiary/aromatic N) is 1. The molecule has 1 heterocycles. The van der Waals surface area contributed by atoms with Crippen LogP contribution in [0.25, 0.3) is 0 Å². The van der Waals surface area contributed by atoms with Crippen LogP contribution in [0.4, 0.5) is 0 Å². The highest BCUT2D eigenvalue weighted by molar-refractivity contribution is 5.33. The summed E-state index contributed by atoms with van der Waals surface area (Å²) in [6.45, 7) is 11.4. The van der Waals surface area contributed by atoms with Gasteiger partial charge >= 0.3 is 0 Å². The van der Waals surface area contributed by atoms with Gasteiger partial charge in [0.05, 0.1) is 6.61 Å². The van der Waals surface area contributed by atoms with Crippen molar-refractivity contribution in [3.05, 3.63) is 42.1 Å². The Morgan fingerprint density at radius 3 is 2.74 bits per heavy atom. The van der Waals surface area contributed by atoms with E-state index in [2.05, 4.69) is 41.1 Å². The van der Waals surface area contributed by atoms with E-state index in [0.29, 0.717) is 0 Å². The quantitative estimate of drug-likeness (QED) is 0.660. The van der Waals surface area contributed by atoms with Crippen LogP contribution >= 0.6 is 0 Å². The summed E-state index contributed by atoms with van der Waals surface area (Å²) in [6.07, 6.45) is 7.51. The van der Waals surface area contributed by atoms with Crippen molar-refractivity contribution in [2.24, 2.45) is 0 Å². The lowest BCUT2D eigenvalue weighted by Crippen LogP contribution is -2.30. The average molecular weight is 316 g/mol. The van der Waals surface area contributed by atoms with E-state index >= 15 is 0 Å². The standard InChI is InChI=1S/C20H32N2O/c1-18(2)21-13-12-19-10-4-5-11-20(19)23-17-9-8-16-22-14-6-3-7-15-22/h4-5,10-11,21H,1,3,6-9,12-17H2,2H3. The van der Waals surface area contributed by atoms with E-state index in [4.69, 9.17) is 4.74 Å². The predicted molar refractivity (Wildman–Crippen MR) is 98.0 cm³/mol. The molecule has 1 aromatic rings. The van der Waals surface area contributed by atoms with Crippen molar-refractivity contribution in [1.29, 1.82) is 0 Å². The summed E-state index contributed by atoms with van der Waals surface area (Å²) in [6, 6.07) is 8.38. The Labute approximate surface area is 141 Å². The van der Waals surface area contributed by atoms with Crippen molar-refractivity contribution in [2.75, 3.05) is 32.8 Å². The molecule has 0 saturated carbocycles. The molecule has 1 aliphatic rings. The molecule has 0 aromatic heterocycles. The first kappa shape index (κ1) is 17.9. The fourth-order valence-electron chi connectivity index (χ4n) is 3.06. The number of rotatable bonds is 10. The van der Waals surface area contributed by atoms with Crippen LogP contribution in [0.5, 0.6) is 5.75 Å². The van der Waals surface area contributed by atoms with Gasteiger partial charge in [0.2, 0.25) is 0 Å². The molecule has 0 aliphatic carbocycles. The molecule has 0 spiro atoms. The van der Waals surface area contributed by atoms with Crippen LogP contribution in [0.2, 0.25) is 0 Å². The second-order valence-corrected chi connectivity index (χ2v) is 6.52. The Kier molecular flexibility index (Phi) is 8.02. The average Bonchev–Trinajstić information content (AvgIpc) is 2.56. The first-order valence-corrected chi connectivity index (χ1v) is 9.08. The first-order chi connectivity index (χ1) is 11.3. The molecule has 128 valence electrons. The number of hydrogen-bond acceptors (Lipinski definition) is 3. The monoisotopic (exact) mass is 316 g/mol. The molecule has 1 fully saturated rings. The lowest BCUT2D eigenvalue weighted by Gasteiger charge is -2.26. The number of benzene rings is 1. The molecule has 0 bridgehead atoms. The first-order valence-electron chi connectivity index (χ1n) is 9.08. The summed E-state index contributed by atoms with van der Waals surface area (Å²) in [5.74, 6) is 1.04. The third-order valence-electron chi connectivity index (χ3n) is 4.37. The Bertz CT molecular complexity index is 466. The van der Waals surface area contributed by atoms with Crippen molar-refractivity contribution in [1.82, 2.24) is 10.2 Å². The minimum atomic E-state index is 0.818. The second-order valence-electron chi connectivity index (χ2n) is 6.52. The molecule has 23 heavy (non-hydrogen) atoms. The van der Waals surface area contributed by atoms with E-state index in [1.807, 2.05) is 6.92 Å². The Balaban J connectivity index is 1.65. The van der Waals surface area contributed by atoms with E-state index < -0.39 is 0 Å².